The average Bonchev–Trinajstić information content (AvgIpc) is 2.85. The maximum atomic E-state index is 13.1. The molecule has 106 valence electrons. The van der Waals surface area contributed by atoms with Crippen molar-refractivity contribution >= 4 is 10.0 Å². The number of hydrogen-bond donors (Lipinski definition) is 0. The molecule has 0 N–H and O–H groups in total. The molecule has 0 aromatic heterocycles. The largest absolute Gasteiger partial charge is 0.381 e. The second-order valence-electron chi connectivity index (χ2n) is 4.59. The highest BCUT2D eigenvalue weighted by Crippen LogP contribution is 2.20. The van der Waals surface area contributed by atoms with Crippen molar-refractivity contribution in [2.24, 2.45) is 5.92 Å². The van der Waals surface area contributed by atoms with Gasteiger partial charge in [0.05, 0.1) is 11.5 Å². The van der Waals surface area contributed by atoms with Gasteiger partial charge in [0, 0.05) is 20.2 Å². The fraction of sp³-hybridized carbons (Fsp3) is 0.500. The van der Waals surface area contributed by atoms with Crippen molar-refractivity contribution in [3.05, 3.63) is 29.8 Å². The van der Waals surface area contributed by atoms with Crippen molar-refractivity contribution in [2.45, 2.75) is 11.3 Å². The average molecular weight is 291 g/mol. The van der Waals surface area contributed by atoms with E-state index >= 15 is 0 Å². The highest BCUT2D eigenvalue weighted by atomic mass is 32.2. The zero-order valence-electron chi connectivity index (χ0n) is 10.5. The molecular weight excluding hydrogens is 276 g/mol. The summed E-state index contributed by atoms with van der Waals surface area (Å²) in [6.07, 6.45) is 0.803. The SMILES string of the molecule is CN(CC1CCOC1)S(=O)(=O)c1ccc(F)c(F)c1. The fourth-order valence-corrected chi connectivity index (χ4v) is 3.27. The molecule has 1 aromatic carbocycles. The Bertz CT molecular complexity index is 556. The van der Waals surface area contributed by atoms with E-state index in [9.17, 15) is 17.2 Å². The Morgan fingerprint density at radius 3 is 2.68 bits per heavy atom. The number of hydrogen-bond acceptors (Lipinski definition) is 3. The summed E-state index contributed by atoms with van der Waals surface area (Å²) in [5.74, 6) is -2.09. The van der Waals surface area contributed by atoms with E-state index in [1.807, 2.05) is 0 Å². The maximum Gasteiger partial charge on any atom is 0.242 e. The standard InChI is InChI=1S/C12H15F2NO3S/c1-15(7-9-4-5-18-8-9)19(16,17)10-2-3-11(13)12(14)6-10/h2-3,6,9H,4-5,7-8H2,1H3. The van der Waals surface area contributed by atoms with Crippen molar-refractivity contribution in [3.63, 3.8) is 0 Å². The molecule has 19 heavy (non-hydrogen) atoms. The summed E-state index contributed by atoms with van der Waals surface area (Å²) < 4.78 is 56.6. The quantitative estimate of drug-likeness (QED) is 0.847. The Kier molecular flexibility index (Phi) is 4.17. The minimum Gasteiger partial charge on any atom is -0.381 e. The van der Waals surface area contributed by atoms with Crippen LogP contribution in [0.4, 0.5) is 8.78 Å². The summed E-state index contributed by atoms with van der Waals surface area (Å²) in [5.41, 5.74) is 0. The van der Waals surface area contributed by atoms with Crippen LogP contribution >= 0.6 is 0 Å². The van der Waals surface area contributed by atoms with Gasteiger partial charge < -0.3 is 4.74 Å². The molecule has 1 aromatic rings. The van der Waals surface area contributed by atoms with Gasteiger partial charge in [-0.15, -0.1) is 0 Å². The lowest BCUT2D eigenvalue weighted by molar-refractivity contribution is 0.182. The molecule has 1 aliphatic heterocycles. The summed E-state index contributed by atoms with van der Waals surface area (Å²) in [4.78, 5) is -0.243. The van der Waals surface area contributed by atoms with E-state index in [2.05, 4.69) is 0 Å². The van der Waals surface area contributed by atoms with Crippen LogP contribution in [0.25, 0.3) is 0 Å². The zero-order chi connectivity index (χ0) is 14.0. The maximum absolute atomic E-state index is 13.1. The van der Waals surface area contributed by atoms with Crippen molar-refractivity contribution in [3.8, 4) is 0 Å². The number of nitrogens with zero attached hydrogens (tertiary/aromatic N) is 1. The molecule has 0 aliphatic carbocycles. The number of ether oxygens (including phenoxy) is 1. The van der Waals surface area contributed by atoms with Crippen molar-refractivity contribution in [2.75, 3.05) is 26.8 Å². The molecule has 2 rings (SSSR count). The normalized spacial score (nSPS) is 20.1. The monoisotopic (exact) mass is 291 g/mol. The lowest BCUT2D eigenvalue weighted by Gasteiger charge is -2.20. The molecule has 0 radical (unpaired) electrons. The number of halogens is 2. The van der Waals surface area contributed by atoms with Crippen molar-refractivity contribution < 1.29 is 21.9 Å². The first kappa shape index (κ1) is 14.4. The molecule has 4 nitrogen and oxygen atoms in total. The third-order valence-corrected chi connectivity index (χ3v) is 4.96. The lowest BCUT2D eigenvalue weighted by atomic mass is 10.1. The van der Waals surface area contributed by atoms with E-state index in [1.54, 1.807) is 0 Å². The summed E-state index contributed by atoms with van der Waals surface area (Å²) in [6, 6.07) is 2.58. The van der Waals surface area contributed by atoms with Gasteiger partial charge in [0.15, 0.2) is 11.6 Å². The third-order valence-electron chi connectivity index (χ3n) is 3.14. The van der Waals surface area contributed by atoms with Crippen LogP contribution < -0.4 is 0 Å². The summed E-state index contributed by atoms with van der Waals surface area (Å²) in [7, 11) is -2.37. The Balaban J connectivity index is 2.18. The highest BCUT2D eigenvalue weighted by Gasteiger charge is 2.26. The van der Waals surface area contributed by atoms with E-state index in [1.165, 1.54) is 7.05 Å². The fourth-order valence-electron chi connectivity index (χ4n) is 2.01. The van der Waals surface area contributed by atoms with Crippen molar-refractivity contribution in [1.29, 1.82) is 0 Å². The van der Waals surface area contributed by atoms with E-state index in [4.69, 9.17) is 4.74 Å². The topological polar surface area (TPSA) is 46.6 Å². The molecule has 0 spiro atoms. The number of benzene rings is 1. The summed E-state index contributed by atoms with van der Waals surface area (Å²) in [5, 5.41) is 0. The van der Waals surface area contributed by atoms with Crippen LogP contribution in [0.3, 0.4) is 0 Å². The van der Waals surface area contributed by atoms with Crippen LogP contribution in [0.15, 0.2) is 23.1 Å². The van der Waals surface area contributed by atoms with Gasteiger partial charge >= 0.3 is 0 Å². The van der Waals surface area contributed by atoms with Crippen LogP contribution in [-0.4, -0.2) is 39.5 Å². The third kappa shape index (κ3) is 3.10. The van der Waals surface area contributed by atoms with Gasteiger partial charge in [0.25, 0.3) is 0 Å². The lowest BCUT2D eigenvalue weighted by Crippen LogP contribution is -2.32. The molecule has 0 amide bonds. The van der Waals surface area contributed by atoms with E-state index < -0.39 is 21.7 Å². The Morgan fingerprint density at radius 1 is 1.37 bits per heavy atom. The minimum absolute atomic E-state index is 0.144. The highest BCUT2D eigenvalue weighted by molar-refractivity contribution is 7.89. The summed E-state index contributed by atoms with van der Waals surface area (Å²) in [6.45, 7) is 1.46. The van der Waals surface area contributed by atoms with Gasteiger partial charge in [-0.2, -0.15) is 0 Å². The number of sulfonamides is 1. The first-order chi connectivity index (χ1) is 8.91. The van der Waals surface area contributed by atoms with Crippen LogP contribution in [0.1, 0.15) is 6.42 Å². The molecule has 1 fully saturated rings. The predicted molar refractivity (Wildman–Crippen MR) is 65.1 cm³/mol. The molecule has 1 aliphatic rings. The molecule has 1 unspecified atom stereocenters. The first-order valence-electron chi connectivity index (χ1n) is 5.90. The number of rotatable bonds is 4. The molecule has 1 atom stereocenters. The molecular formula is C12H15F2NO3S. The van der Waals surface area contributed by atoms with Gasteiger partial charge in [-0.05, 0) is 30.5 Å². The van der Waals surface area contributed by atoms with Gasteiger partial charge in [0.2, 0.25) is 10.0 Å². The molecule has 0 saturated carbocycles. The van der Waals surface area contributed by atoms with Gasteiger partial charge in [-0.1, -0.05) is 0 Å². The molecule has 7 heteroatoms. The summed E-state index contributed by atoms with van der Waals surface area (Å²) >= 11 is 0. The van der Waals surface area contributed by atoms with Crippen LogP contribution in [0.5, 0.6) is 0 Å². The minimum atomic E-state index is -3.79. The predicted octanol–water partition coefficient (Wildman–Crippen LogP) is 1.62. The first-order valence-corrected chi connectivity index (χ1v) is 7.34. The molecule has 1 heterocycles. The molecule has 0 bridgehead atoms. The van der Waals surface area contributed by atoms with Gasteiger partial charge in [-0.25, -0.2) is 21.5 Å². The van der Waals surface area contributed by atoms with Crippen LogP contribution in [0.2, 0.25) is 0 Å². The van der Waals surface area contributed by atoms with Gasteiger partial charge in [-0.3, -0.25) is 0 Å². The molecule has 1 saturated heterocycles. The van der Waals surface area contributed by atoms with Crippen LogP contribution in [-0.2, 0) is 14.8 Å². The Hall–Kier alpha value is -1.05. The Labute approximate surface area is 111 Å². The second-order valence-corrected chi connectivity index (χ2v) is 6.64. The van der Waals surface area contributed by atoms with Crippen LogP contribution in [0, 0.1) is 17.6 Å². The van der Waals surface area contributed by atoms with Gasteiger partial charge in [0.1, 0.15) is 0 Å². The Morgan fingerprint density at radius 2 is 2.11 bits per heavy atom. The van der Waals surface area contributed by atoms with E-state index in [-0.39, 0.29) is 10.8 Å². The van der Waals surface area contributed by atoms with E-state index in [0.29, 0.717) is 25.8 Å². The second kappa shape index (κ2) is 5.52. The van der Waals surface area contributed by atoms with E-state index in [0.717, 1.165) is 22.9 Å². The van der Waals surface area contributed by atoms with Crippen molar-refractivity contribution in [1.82, 2.24) is 4.31 Å². The zero-order valence-corrected chi connectivity index (χ0v) is 11.3. The smallest absolute Gasteiger partial charge is 0.242 e.